The van der Waals surface area contributed by atoms with Crippen molar-refractivity contribution in [3.05, 3.63) is 11.3 Å². The highest BCUT2D eigenvalue weighted by Crippen LogP contribution is 2.15. The molecule has 6 nitrogen and oxygen atoms in total. The van der Waals surface area contributed by atoms with Crippen molar-refractivity contribution >= 4 is 11.7 Å². The molecule has 0 radical (unpaired) electrons. The number of aryl methyl sites for hydroxylation is 1. The molecule has 1 aromatic heterocycles. The Balaban J connectivity index is 2.86. The Labute approximate surface area is 94.8 Å². The molecule has 90 valence electrons. The van der Waals surface area contributed by atoms with E-state index in [0.717, 1.165) is 0 Å². The largest absolute Gasteiger partial charge is 0.383 e. The van der Waals surface area contributed by atoms with Crippen molar-refractivity contribution in [3.8, 4) is 0 Å². The van der Waals surface area contributed by atoms with Crippen molar-refractivity contribution < 1.29 is 9.53 Å². The van der Waals surface area contributed by atoms with E-state index < -0.39 is 0 Å². The number of aromatic amines is 1. The number of carbonyl (C=O) groups excluding carboxylic acids is 1. The van der Waals surface area contributed by atoms with Crippen LogP contribution >= 0.6 is 0 Å². The number of carbonyl (C=O) groups is 1. The molecule has 0 fully saturated rings. The summed E-state index contributed by atoms with van der Waals surface area (Å²) < 4.78 is 5.00. The van der Waals surface area contributed by atoms with Gasteiger partial charge in [0.1, 0.15) is 5.56 Å². The number of ether oxygens (including phenoxy) is 1. The number of rotatable bonds is 4. The van der Waals surface area contributed by atoms with E-state index in [4.69, 9.17) is 10.5 Å². The van der Waals surface area contributed by atoms with Crippen molar-refractivity contribution in [1.29, 1.82) is 0 Å². The molecule has 1 aromatic rings. The Hall–Kier alpha value is -1.56. The number of nitrogens with one attached hydrogen (secondary N) is 1. The van der Waals surface area contributed by atoms with Gasteiger partial charge in [0.05, 0.1) is 12.6 Å². The zero-order valence-corrected chi connectivity index (χ0v) is 10.1. The summed E-state index contributed by atoms with van der Waals surface area (Å²) in [5.41, 5.74) is 6.75. The highest BCUT2D eigenvalue weighted by molar-refractivity contribution is 5.99. The van der Waals surface area contributed by atoms with Gasteiger partial charge in [-0.3, -0.25) is 9.89 Å². The molecule has 1 amide bonds. The Morgan fingerprint density at radius 2 is 2.31 bits per heavy atom. The van der Waals surface area contributed by atoms with Gasteiger partial charge in [-0.2, -0.15) is 5.10 Å². The molecule has 16 heavy (non-hydrogen) atoms. The minimum Gasteiger partial charge on any atom is -0.383 e. The standard InChI is InChI=1S/C10H18N4O2/c1-6(5-16-4)14(3)10(15)8-7(2)12-13-9(8)11/h6H,5H2,1-4H3,(H3,11,12,13). The van der Waals surface area contributed by atoms with Gasteiger partial charge in [-0.1, -0.05) is 0 Å². The monoisotopic (exact) mass is 226 g/mol. The Kier molecular flexibility index (Phi) is 3.89. The van der Waals surface area contributed by atoms with Crippen LogP contribution in [0.25, 0.3) is 0 Å². The predicted octanol–water partition coefficient (Wildman–Crippen LogP) is 0.407. The van der Waals surface area contributed by atoms with Gasteiger partial charge in [-0.25, -0.2) is 0 Å². The first kappa shape index (κ1) is 12.5. The molecule has 1 atom stereocenters. The number of aromatic nitrogens is 2. The summed E-state index contributed by atoms with van der Waals surface area (Å²) in [5.74, 6) is 0.0901. The molecule has 1 heterocycles. The van der Waals surface area contributed by atoms with Crippen LogP contribution in [0.15, 0.2) is 0 Å². The first-order chi connectivity index (χ1) is 7.49. The molecule has 0 saturated heterocycles. The fraction of sp³-hybridized carbons (Fsp3) is 0.600. The fourth-order valence-corrected chi connectivity index (χ4v) is 1.45. The molecule has 0 aliphatic heterocycles. The number of nitrogen functional groups attached to an aromatic ring is 1. The molecule has 1 rings (SSSR count). The van der Waals surface area contributed by atoms with E-state index in [1.807, 2.05) is 6.92 Å². The third-order valence-corrected chi connectivity index (χ3v) is 2.58. The SMILES string of the molecule is COCC(C)N(C)C(=O)c1c(N)n[nH]c1C. The summed E-state index contributed by atoms with van der Waals surface area (Å²) in [7, 11) is 3.32. The van der Waals surface area contributed by atoms with Gasteiger partial charge < -0.3 is 15.4 Å². The van der Waals surface area contributed by atoms with Crippen LogP contribution in [0.3, 0.4) is 0 Å². The predicted molar refractivity (Wildman–Crippen MR) is 61.2 cm³/mol. The highest BCUT2D eigenvalue weighted by atomic mass is 16.5. The van der Waals surface area contributed by atoms with Gasteiger partial charge in [0.25, 0.3) is 5.91 Å². The summed E-state index contributed by atoms with van der Waals surface area (Å²) in [5, 5.41) is 6.49. The van der Waals surface area contributed by atoms with Gasteiger partial charge in [-0.15, -0.1) is 0 Å². The number of hydrogen-bond donors (Lipinski definition) is 2. The van der Waals surface area contributed by atoms with Crippen LogP contribution in [-0.2, 0) is 4.74 Å². The lowest BCUT2D eigenvalue weighted by atomic mass is 10.2. The zero-order chi connectivity index (χ0) is 12.3. The molecular formula is C10H18N4O2. The molecule has 6 heteroatoms. The lowest BCUT2D eigenvalue weighted by Crippen LogP contribution is -2.38. The van der Waals surface area contributed by atoms with Crippen molar-refractivity contribution in [1.82, 2.24) is 15.1 Å². The quantitative estimate of drug-likeness (QED) is 0.778. The summed E-state index contributed by atoms with van der Waals surface area (Å²) in [6.07, 6.45) is 0. The average molecular weight is 226 g/mol. The number of amides is 1. The van der Waals surface area contributed by atoms with E-state index >= 15 is 0 Å². The number of methoxy groups -OCH3 is 1. The Morgan fingerprint density at radius 1 is 1.69 bits per heavy atom. The summed E-state index contributed by atoms with van der Waals surface area (Å²) in [6, 6.07) is -0.00815. The van der Waals surface area contributed by atoms with Gasteiger partial charge in [-0.05, 0) is 13.8 Å². The molecule has 0 bridgehead atoms. The van der Waals surface area contributed by atoms with Crippen molar-refractivity contribution in [2.24, 2.45) is 0 Å². The van der Waals surface area contributed by atoms with Crippen LogP contribution in [0.4, 0.5) is 5.82 Å². The normalized spacial score (nSPS) is 12.5. The van der Waals surface area contributed by atoms with E-state index in [1.165, 1.54) is 0 Å². The van der Waals surface area contributed by atoms with E-state index in [-0.39, 0.29) is 17.8 Å². The number of anilines is 1. The second-order valence-corrected chi connectivity index (χ2v) is 3.83. The van der Waals surface area contributed by atoms with Crippen LogP contribution in [0.5, 0.6) is 0 Å². The maximum absolute atomic E-state index is 12.1. The van der Waals surface area contributed by atoms with E-state index in [9.17, 15) is 4.79 Å². The maximum Gasteiger partial charge on any atom is 0.259 e. The van der Waals surface area contributed by atoms with Crippen LogP contribution < -0.4 is 5.73 Å². The molecular weight excluding hydrogens is 208 g/mol. The van der Waals surface area contributed by atoms with Gasteiger partial charge in [0.2, 0.25) is 0 Å². The second kappa shape index (κ2) is 4.98. The average Bonchev–Trinajstić information content (AvgIpc) is 2.57. The van der Waals surface area contributed by atoms with Crippen molar-refractivity contribution in [2.75, 3.05) is 26.5 Å². The summed E-state index contributed by atoms with van der Waals surface area (Å²) in [4.78, 5) is 13.7. The Morgan fingerprint density at radius 3 is 2.75 bits per heavy atom. The Bertz CT molecular complexity index is 355. The molecule has 0 saturated carbocycles. The summed E-state index contributed by atoms with van der Waals surface area (Å²) in [6.45, 7) is 4.16. The molecule has 0 aliphatic carbocycles. The smallest absolute Gasteiger partial charge is 0.259 e. The van der Waals surface area contributed by atoms with E-state index in [2.05, 4.69) is 10.2 Å². The third kappa shape index (κ3) is 2.33. The van der Waals surface area contributed by atoms with Crippen molar-refractivity contribution in [2.45, 2.75) is 19.9 Å². The van der Waals surface area contributed by atoms with Crippen molar-refractivity contribution in [3.63, 3.8) is 0 Å². The number of nitrogens with zero attached hydrogens (tertiary/aromatic N) is 2. The highest BCUT2D eigenvalue weighted by Gasteiger charge is 2.22. The van der Waals surface area contributed by atoms with Crippen LogP contribution in [0, 0.1) is 6.92 Å². The number of H-pyrrole nitrogens is 1. The first-order valence-electron chi connectivity index (χ1n) is 5.05. The van der Waals surface area contributed by atoms with Crippen LogP contribution in [-0.4, -0.2) is 47.8 Å². The lowest BCUT2D eigenvalue weighted by Gasteiger charge is -2.24. The van der Waals surface area contributed by atoms with Gasteiger partial charge in [0.15, 0.2) is 5.82 Å². The van der Waals surface area contributed by atoms with Crippen LogP contribution in [0.1, 0.15) is 23.0 Å². The minimum atomic E-state index is -0.145. The van der Waals surface area contributed by atoms with E-state index in [0.29, 0.717) is 17.9 Å². The number of likely N-dealkylation sites (N-methyl/N-ethyl adjacent to an activating group) is 1. The van der Waals surface area contributed by atoms with Gasteiger partial charge in [0, 0.05) is 19.9 Å². The minimum absolute atomic E-state index is 0.00815. The molecule has 0 spiro atoms. The molecule has 3 N–H and O–H groups in total. The number of hydrogen-bond acceptors (Lipinski definition) is 4. The maximum atomic E-state index is 12.1. The summed E-state index contributed by atoms with van der Waals surface area (Å²) >= 11 is 0. The second-order valence-electron chi connectivity index (χ2n) is 3.83. The van der Waals surface area contributed by atoms with Crippen LogP contribution in [0.2, 0.25) is 0 Å². The first-order valence-corrected chi connectivity index (χ1v) is 5.05. The molecule has 1 unspecified atom stereocenters. The molecule has 0 aliphatic rings. The molecule has 0 aromatic carbocycles. The fourth-order valence-electron chi connectivity index (χ4n) is 1.45. The number of nitrogens with two attached hydrogens (primary N) is 1. The third-order valence-electron chi connectivity index (χ3n) is 2.58. The zero-order valence-electron chi connectivity index (χ0n) is 10.1. The van der Waals surface area contributed by atoms with E-state index in [1.54, 1.807) is 26.0 Å². The lowest BCUT2D eigenvalue weighted by molar-refractivity contribution is 0.0634. The topological polar surface area (TPSA) is 84.2 Å². The van der Waals surface area contributed by atoms with Gasteiger partial charge >= 0.3 is 0 Å².